The Morgan fingerprint density at radius 1 is 1.46 bits per heavy atom. The number of halogens is 3. The molecule has 68 valence electrons. The number of nitrogens with zero attached hydrogens (tertiary/aromatic N) is 1. The van der Waals surface area contributed by atoms with Crippen LogP contribution >= 0.6 is 23.2 Å². The normalized spacial score (nSPS) is 13.5. The molecule has 1 atom stereocenters. The van der Waals surface area contributed by atoms with Crippen molar-refractivity contribution < 1.29 is 8.81 Å². The van der Waals surface area contributed by atoms with Crippen molar-refractivity contribution in [3.05, 3.63) is 29.1 Å². The van der Waals surface area contributed by atoms with Gasteiger partial charge in [-0.3, -0.25) is 0 Å². The molecule has 0 amide bonds. The maximum Gasteiger partial charge on any atom is 0.249 e. The standard InChI is InChI=1S/C8H4Cl2FNO/c9-4-1-2-6-5(3-4)12-8(13-6)7(10)11/h1-3,7H. The highest BCUT2D eigenvalue weighted by molar-refractivity contribution is 6.31. The zero-order valence-electron chi connectivity index (χ0n) is 6.30. The number of benzene rings is 1. The first-order chi connectivity index (χ1) is 6.16. The van der Waals surface area contributed by atoms with E-state index in [0.29, 0.717) is 16.1 Å². The molecule has 2 aromatic rings. The van der Waals surface area contributed by atoms with Gasteiger partial charge in [-0.2, -0.15) is 0 Å². The van der Waals surface area contributed by atoms with Crippen LogP contribution in [-0.4, -0.2) is 4.98 Å². The van der Waals surface area contributed by atoms with E-state index >= 15 is 0 Å². The van der Waals surface area contributed by atoms with E-state index in [1.165, 1.54) is 0 Å². The largest absolute Gasteiger partial charge is 0.436 e. The number of oxazole rings is 1. The fraction of sp³-hybridized carbons (Fsp3) is 0.125. The van der Waals surface area contributed by atoms with E-state index < -0.39 is 5.63 Å². The summed E-state index contributed by atoms with van der Waals surface area (Å²) in [6, 6.07) is 4.84. The molecule has 1 unspecified atom stereocenters. The summed E-state index contributed by atoms with van der Waals surface area (Å²) in [5.41, 5.74) is -0.736. The Kier molecular flexibility index (Phi) is 2.14. The van der Waals surface area contributed by atoms with Gasteiger partial charge in [0.15, 0.2) is 5.58 Å². The van der Waals surface area contributed by atoms with Crippen LogP contribution < -0.4 is 0 Å². The van der Waals surface area contributed by atoms with E-state index in [1.807, 2.05) is 0 Å². The molecule has 1 aromatic carbocycles. The lowest BCUT2D eigenvalue weighted by molar-refractivity contribution is 0.374. The van der Waals surface area contributed by atoms with E-state index in [4.69, 9.17) is 27.6 Å². The topological polar surface area (TPSA) is 26.0 Å². The van der Waals surface area contributed by atoms with Crippen LogP contribution in [0.25, 0.3) is 11.1 Å². The molecule has 0 saturated carbocycles. The molecule has 0 radical (unpaired) electrons. The number of fused-ring (bicyclic) bond motifs is 1. The molecule has 0 aliphatic carbocycles. The van der Waals surface area contributed by atoms with Gasteiger partial charge in [0, 0.05) is 5.02 Å². The maximum atomic E-state index is 12.5. The first-order valence-corrected chi connectivity index (χ1v) is 4.32. The van der Waals surface area contributed by atoms with Crippen LogP contribution in [0.2, 0.25) is 5.02 Å². The van der Waals surface area contributed by atoms with E-state index in [-0.39, 0.29) is 5.89 Å². The second-order valence-electron chi connectivity index (χ2n) is 2.46. The van der Waals surface area contributed by atoms with E-state index in [1.54, 1.807) is 18.2 Å². The van der Waals surface area contributed by atoms with Crippen LogP contribution in [0.15, 0.2) is 22.6 Å². The molecule has 2 nitrogen and oxygen atoms in total. The quantitative estimate of drug-likeness (QED) is 0.685. The lowest BCUT2D eigenvalue weighted by atomic mass is 10.3. The summed E-state index contributed by atoms with van der Waals surface area (Å²) < 4.78 is 17.6. The molecule has 0 N–H and O–H groups in total. The molecule has 0 aliphatic rings. The molecule has 13 heavy (non-hydrogen) atoms. The SMILES string of the molecule is FC(Cl)c1nc2cc(Cl)ccc2o1. The molecule has 5 heteroatoms. The average molecular weight is 220 g/mol. The van der Waals surface area contributed by atoms with Crippen molar-refractivity contribution in [3.8, 4) is 0 Å². The lowest BCUT2D eigenvalue weighted by Gasteiger charge is -1.87. The van der Waals surface area contributed by atoms with Gasteiger partial charge in [-0.05, 0) is 18.2 Å². The fourth-order valence-corrected chi connectivity index (χ4v) is 1.27. The highest BCUT2D eigenvalue weighted by Crippen LogP contribution is 2.26. The van der Waals surface area contributed by atoms with Crippen molar-refractivity contribution in [1.82, 2.24) is 4.98 Å². The Morgan fingerprint density at radius 3 is 2.92 bits per heavy atom. The second kappa shape index (κ2) is 3.16. The predicted molar refractivity (Wildman–Crippen MR) is 48.7 cm³/mol. The van der Waals surface area contributed by atoms with Gasteiger partial charge in [0.2, 0.25) is 11.5 Å². The van der Waals surface area contributed by atoms with E-state index in [2.05, 4.69) is 4.98 Å². The summed E-state index contributed by atoms with van der Waals surface area (Å²) in [4.78, 5) is 3.82. The maximum absolute atomic E-state index is 12.5. The van der Waals surface area contributed by atoms with Crippen LogP contribution in [0.4, 0.5) is 4.39 Å². The fourth-order valence-electron chi connectivity index (χ4n) is 1.01. The monoisotopic (exact) mass is 219 g/mol. The summed E-state index contributed by atoms with van der Waals surface area (Å²) in [6.45, 7) is 0. The van der Waals surface area contributed by atoms with Crippen molar-refractivity contribution in [2.45, 2.75) is 5.63 Å². The average Bonchev–Trinajstić information content (AvgIpc) is 2.46. The van der Waals surface area contributed by atoms with Gasteiger partial charge >= 0.3 is 0 Å². The van der Waals surface area contributed by atoms with Gasteiger partial charge < -0.3 is 4.42 Å². The molecule has 0 bridgehead atoms. The Hall–Kier alpha value is -0.800. The van der Waals surface area contributed by atoms with Gasteiger partial charge in [0.05, 0.1) is 0 Å². The molecule has 0 aliphatic heterocycles. The minimum atomic E-state index is -1.72. The van der Waals surface area contributed by atoms with Gasteiger partial charge in [-0.1, -0.05) is 23.2 Å². The van der Waals surface area contributed by atoms with Crippen molar-refractivity contribution in [2.24, 2.45) is 0 Å². The Labute approximate surface area is 83.3 Å². The third-order valence-electron chi connectivity index (χ3n) is 1.55. The smallest absolute Gasteiger partial charge is 0.249 e. The Morgan fingerprint density at radius 2 is 2.23 bits per heavy atom. The van der Waals surface area contributed by atoms with Crippen molar-refractivity contribution in [2.75, 3.05) is 0 Å². The minimum Gasteiger partial charge on any atom is -0.436 e. The number of hydrogen-bond donors (Lipinski definition) is 0. The zero-order chi connectivity index (χ0) is 9.42. The number of rotatable bonds is 1. The highest BCUT2D eigenvalue weighted by Gasteiger charge is 2.13. The first-order valence-electron chi connectivity index (χ1n) is 3.51. The van der Waals surface area contributed by atoms with Crippen LogP contribution in [0, 0.1) is 0 Å². The minimum absolute atomic E-state index is 0.140. The molecule has 0 fully saturated rings. The van der Waals surface area contributed by atoms with Crippen molar-refractivity contribution >= 4 is 34.3 Å². The summed E-state index contributed by atoms with van der Waals surface area (Å²) in [7, 11) is 0. The molecule has 0 saturated heterocycles. The van der Waals surface area contributed by atoms with Gasteiger partial charge in [-0.25, -0.2) is 9.37 Å². The molecule has 0 spiro atoms. The molecule has 2 rings (SSSR count). The molecular weight excluding hydrogens is 216 g/mol. The predicted octanol–water partition coefficient (Wildman–Crippen LogP) is 3.69. The lowest BCUT2D eigenvalue weighted by Crippen LogP contribution is -1.79. The van der Waals surface area contributed by atoms with Crippen LogP contribution in [0.3, 0.4) is 0 Å². The summed E-state index contributed by atoms with van der Waals surface area (Å²) in [5, 5.41) is 0.525. The van der Waals surface area contributed by atoms with E-state index in [9.17, 15) is 4.39 Å². The van der Waals surface area contributed by atoms with Crippen molar-refractivity contribution in [1.29, 1.82) is 0 Å². The molecular formula is C8H4Cl2FNO. The van der Waals surface area contributed by atoms with Gasteiger partial charge in [0.1, 0.15) is 5.52 Å². The van der Waals surface area contributed by atoms with Crippen LogP contribution in [-0.2, 0) is 0 Å². The third kappa shape index (κ3) is 1.62. The zero-order valence-corrected chi connectivity index (χ0v) is 7.81. The number of aromatic nitrogens is 1. The Bertz CT molecular complexity index is 441. The van der Waals surface area contributed by atoms with Crippen molar-refractivity contribution in [3.63, 3.8) is 0 Å². The Balaban J connectivity index is 2.62. The van der Waals surface area contributed by atoms with Crippen LogP contribution in [0.5, 0.6) is 0 Å². The molecule has 1 heterocycles. The van der Waals surface area contributed by atoms with Gasteiger partial charge in [-0.15, -0.1) is 0 Å². The van der Waals surface area contributed by atoms with Crippen LogP contribution in [0.1, 0.15) is 11.5 Å². The second-order valence-corrected chi connectivity index (χ2v) is 3.28. The first kappa shape index (κ1) is 8.78. The number of alkyl halides is 2. The summed E-state index contributed by atoms with van der Waals surface area (Å²) in [5.74, 6) is -0.140. The van der Waals surface area contributed by atoms with Gasteiger partial charge in [0.25, 0.3) is 0 Å². The summed E-state index contributed by atoms with van der Waals surface area (Å²) >= 11 is 10.9. The number of hydrogen-bond acceptors (Lipinski definition) is 2. The van der Waals surface area contributed by atoms with E-state index in [0.717, 1.165) is 0 Å². The molecule has 1 aromatic heterocycles. The highest BCUT2D eigenvalue weighted by atomic mass is 35.5. The summed E-state index contributed by atoms with van der Waals surface area (Å²) in [6.07, 6.45) is 0. The third-order valence-corrected chi connectivity index (χ3v) is 1.97.